The Balaban J connectivity index is 1.43. The molecule has 26 heavy (non-hydrogen) atoms. The third-order valence-corrected chi connectivity index (χ3v) is 5.87. The Bertz CT molecular complexity index is 770. The van der Waals surface area contributed by atoms with Gasteiger partial charge in [-0.1, -0.05) is 31.7 Å². The predicted octanol–water partition coefficient (Wildman–Crippen LogP) is 4.07. The van der Waals surface area contributed by atoms with Gasteiger partial charge in [-0.25, -0.2) is 0 Å². The summed E-state index contributed by atoms with van der Waals surface area (Å²) in [6.07, 6.45) is 8.74. The molecule has 4 rings (SSSR count). The highest BCUT2D eigenvalue weighted by atomic mass is 35.5. The Morgan fingerprint density at radius 2 is 2.04 bits per heavy atom. The Morgan fingerprint density at radius 1 is 1.19 bits per heavy atom. The Hall–Kier alpha value is -1.88. The first-order chi connectivity index (χ1) is 12.7. The standard InChI is InChI=1S/C20H25ClN3O2/c21-16-8-3-7-15(13-16)19-22-23-20(26-19)17-9-4-12-24(17)18(25)11-10-14-5-1-2-6-14/h3,7-8,13-14,17,21H,1-2,4-6,9-12H2/q+1. The van der Waals surface area contributed by atoms with Crippen molar-refractivity contribution in [3.05, 3.63) is 35.2 Å². The van der Waals surface area contributed by atoms with Gasteiger partial charge in [0.15, 0.2) is 11.6 Å². The van der Waals surface area contributed by atoms with Crippen molar-refractivity contribution in [2.24, 2.45) is 5.92 Å². The first-order valence-corrected chi connectivity index (χ1v) is 10.0. The highest BCUT2D eigenvalue weighted by Gasteiger charge is 2.34. The van der Waals surface area contributed by atoms with Crippen LogP contribution in [0.3, 0.4) is 0 Å². The van der Waals surface area contributed by atoms with Crippen molar-refractivity contribution < 1.29 is 20.8 Å². The molecule has 2 fully saturated rings. The molecule has 1 unspecified atom stereocenters. The second kappa shape index (κ2) is 7.78. The zero-order valence-corrected chi connectivity index (χ0v) is 15.7. The number of benzene rings is 1. The molecule has 0 N–H and O–H groups in total. The van der Waals surface area contributed by atoms with Gasteiger partial charge in [0, 0.05) is 30.7 Å². The summed E-state index contributed by atoms with van der Waals surface area (Å²) in [5.74, 6) is 1.98. The number of aromatic nitrogens is 2. The Morgan fingerprint density at radius 3 is 2.85 bits per heavy atom. The van der Waals surface area contributed by atoms with Gasteiger partial charge >= 0.3 is 0 Å². The van der Waals surface area contributed by atoms with E-state index in [0.29, 0.717) is 18.2 Å². The van der Waals surface area contributed by atoms with Crippen LogP contribution >= 0.6 is 0 Å². The van der Waals surface area contributed by atoms with E-state index < -0.39 is 0 Å². The number of nitrogens with zero attached hydrogens (tertiary/aromatic N) is 3. The number of hydrogen-bond acceptors (Lipinski definition) is 4. The van der Waals surface area contributed by atoms with E-state index in [4.69, 9.17) is 16.0 Å². The molecule has 1 saturated heterocycles. The average molecular weight is 375 g/mol. The minimum atomic E-state index is -0.0842. The zero-order valence-electron chi connectivity index (χ0n) is 14.9. The minimum absolute atomic E-state index is 0.0842. The summed E-state index contributed by atoms with van der Waals surface area (Å²) in [5.41, 5.74) is 0.827. The third kappa shape index (κ3) is 3.78. The fourth-order valence-corrected chi connectivity index (χ4v) is 4.41. The number of halogens is 1. The summed E-state index contributed by atoms with van der Waals surface area (Å²) >= 11 is 5.20. The summed E-state index contributed by atoms with van der Waals surface area (Å²) in [6.45, 7) is 0.785. The van der Waals surface area contributed by atoms with Gasteiger partial charge in [0.05, 0.1) is 0 Å². The summed E-state index contributed by atoms with van der Waals surface area (Å²) in [4.78, 5) is 14.7. The lowest BCUT2D eigenvalue weighted by molar-refractivity contribution is -0.288. The van der Waals surface area contributed by atoms with Crippen LogP contribution in [0.15, 0.2) is 28.7 Å². The van der Waals surface area contributed by atoms with Gasteiger partial charge in [-0.15, -0.1) is 10.2 Å². The van der Waals surface area contributed by atoms with Crippen molar-refractivity contribution in [2.45, 2.75) is 57.4 Å². The van der Waals surface area contributed by atoms with Gasteiger partial charge in [0.2, 0.25) is 22.7 Å². The molecule has 2 heterocycles. The number of hydrogen-bond donors (Lipinski definition) is 0. The molecule has 5 nitrogen and oxygen atoms in total. The van der Waals surface area contributed by atoms with Gasteiger partial charge < -0.3 is 9.32 Å². The third-order valence-electron chi connectivity index (χ3n) is 5.62. The van der Waals surface area contributed by atoms with E-state index in [-0.39, 0.29) is 11.9 Å². The van der Waals surface area contributed by atoms with Crippen LogP contribution < -0.4 is 0 Å². The smallest absolute Gasteiger partial charge is 0.248 e. The number of carbonyl (C=O) groups is 1. The van der Waals surface area contributed by atoms with E-state index in [1.54, 1.807) is 0 Å². The molecule has 2 aliphatic rings. The van der Waals surface area contributed by atoms with Crippen LogP contribution in [0.2, 0.25) is 5.02 Å². The van der Waals surface area contributed by atoms with Gasteiger partial charge in [-0.2, -0.15) is 0 Å². The normalized spacial score (nSPS) is 20.8. The van der Waals surface area contributed by atoms with Crippen molar-refractivity contribution in [1.29, 1.82) is 0 Å². The summed E-state index contributed by atoms with van der Waals surface area (Å²) < 4.78 is 5.90. The fraction of sp³-hybridized carbons (Fsp3) is 0.550. The van der Waals surface area contributed by atoms with E-state index >= 15 is 0 Å². The maximum absolute atomic E-state index is 12.7. The van der Waals surface area contributed by atoms with Crippen molar-refractivity contribution >= 4 is 5.91 Å². The molecule has 1 aromatic carbocycles. The number of amides is 1. The topological polar surface area (TPSA) is 59.2 Å². The van der Waals surface area contributed by atoms with Crippen molar-refractivity contribution in [1.82, 2.24) is 15.1 Å². The van der Waals surface area contributed by atoms with Crippen LogP contribution in [0.1, 0.15) is 63.3 Å². The van der Waals surface area contributed by atoms with Gasteiger partial charge in [-0.3, -0.25) is 4.79 Å². The molecule has 2 aromatic rings. The van der Waals surface area contributed by atoms with Crippen LogP contribution in [0.4, 0.5) is 0 Å². The van der Waals surface area contributed by atoms with Crippen molar-refractivity contribution in [2.75, 3.05) is 6.54 Å². The maximum Gasteiger partial charge on any atom is 0.248 e. The summed E-state index contributed by atoms with van der Waals surface area (Å²) in [5, 5.41) is 9.15. The molecule has 138 valence electrons. The van der Waals surface area contributed by atoms with E-state index in [0.717, 1.165) is 42.3 Å². The summed E-state index contributed by atoms with van der Waals surface area (Å²) in [7, 11) is 0. The number of likely N-dealkylation sites (tertiary alicyclic amines) is 1. The van der Waals surface area contributed by atoms with Gasteiger partial charge in [0.1, 0.15) is 6.04 Å². The quantitative estimate of drug-likeness (QED) is 0.791. The zero-order chi connectivity index (χ0) is 17.9. The van der Waals surface area contributed by atoms with Crippen LogP contribution in [0.5, 0.6) is 0 Å². The average Bonchev–Trinajstić information content (AvgIpc) is 3.40. The van der Waals surface area contributed by atoms with E-state index in [1.165, 1.54) is 25.7 Å². The molecule has 0 bridgehead atoms. The molecule has 1 aliphatic heterocycles. The van der Waals surface area contributed by atoms with E-state index in [1.807, 2.05) is 29.2 Å². The van der Waals surface area contributed by atoms with Crippen molar-refractivity contribution in [3.63, 3.8) is 0 Å². The van der Waals surface area contributed by atoms with Crippen LogP contribution in [0, 0.1) is 17.5 Å². The second-order valence-corrected chi connectivity index (χ2v) is 7.88. The molecule has 0 radical (unpaired) electrons. The highest BCUT2D eigenvalue weighted by Crippen LogP contribution is 2.34. The number of carbonyl (C=O) groups excluding carboxylic acids is 1. The lowest BCUT2D eigenvalue weighted by Crippen LogP contribution is -2.30. The van der Waals surface area contributed by atoms with Gasteiger partial charge in [-0.05, 0) is 31.2 Å². The molecular formula is C20H25ClN3O2+. The van der Waals surface area contributed by atoms with Crippen molar-refractivity contribution in [3.8, 4) is 11.5 Å². The lowest BCUT2D eigenvalue weighted by atomic mass is 10.0. The van der Waals surface area contributed by atoms with Gasteiger partial charge in [0.25, 0.3) is 0 Å². The second-order valence-electron chi connectivity index (χ2n) is 7.41. The van der Waals surface area contributed by atoms with Crippen LogP contribution in [-0.4, -0.2) is 27.5 Å². The SMILES string of the molecule is O=C(CCC1CCCC1)N1CCCC1c1nnc(-c2cccc([ClH+])c2)o1. The molecule has 6 heteroatoms. The molecule has 1 aromatic heterocycles. The summed E-state index contributed by atoms with van der Waals surface area (Å²) in [6, 6.07) is 7.42. The monoisotopic (exact) mass is 374 g/mol. The molecule has 1 atom stereocenters. The lowest BCUT2D eigenvalue weighted by Gasteiger charge is -2.22. The largest absolute Gasteiger partial charge is 0.418 e. The Labute approximate surface area is 158 Å². The molecule has 1 aliphatic carbocycles. The highest BCUT2D eigenvalue weighted by molar-refractivity contribution is 5.76. The molecule has 0 spiro atoms. The number of rotatable bonds is 5. The minimum Gasteiger partial charge on any atom is -0.418 e. The van der Waals surface area contributed by atoms with Crippen LogP contribution in [0.25, 0.3) is 11.5 Å². The van der Waals surface area contributed by atoms with E-state index in [9.17, 15) is 4.79 Å². The van der Waals surface area contributed by atoms with Crippen LogP contribution in [-0.2, 0) is 4.79 Å². The first kappa shape index (κ1) is 17.5. The molecular weight excluding hydrogens is 350 g/mol. The predicted molar refractivity (Wildman–Crippen MR) is 95.2 cm³/mol. The Kier molecular flexibility index (Phi) is 5.25. The maximum atomic E-state index is 12.7. The first-order valence-electron chi connectivity index (χ1n) is 9.61. The van der Waals surface area contributed by atoms with E-state index in [2.05, 4.69) is 10.2 Å². The fourth-order valence-electron chi connectivity index (χ4n) is 4.21. The molecule has 1 saturated carbocycles. The molecule has 1 amide bonds.